The van der Waals surface area contributed by atoms with Crippen LogP contribution < -0.4 is 0 Å². The predicted octanol–water partition coefficient (Wildman–Crippen LogP) is 2.96. The minimum Gasteiger partial charge on any atom is -0.508 e. The molecule has 2 aliphatic rings. The number of benzene rings is 1. The highest BCUT2D eigenvalue weighted by molar-refractivity contribution is 5.95. The monoisotopic (exact) mass is 230 g/mol. The molecule has 2 nitrogen and oxygen atoms in total. The minimum atomic E-state index is -0.353. The lowest BCUT2D eigenvalue weighted by Gasteiger charge is -2.33. The molecule has 90 valence electrons. The van der Waals surface area contributed by atoms with E-state index in [1.54, 1.807) is 6.07 Å². The fourth-order valence-corrected chi connectivity index (χ4v) is 3.68. The number of carbonyl (C=O) groups is 1. The van der Waals surface area contributed by atoms with Crippen molar-refractivity contribution in [2.75, 3.05) is 0 Å². The van der Waals surface area contributed by atoms with Gasteiger partial charge in [0.15, 0.2) is 0 Å². The average Bonchev–Trinajstić information content (AvgIpc) is 2.87. The minimum absolute atomic E-state index is 0.272. The third-order valence-electron chi connectivity index (χ3n) is 4.94. The van der Waals surface area contributed by atoms with Gasteiger partial charge < -0.3 is 5.11 Å². The van der Waals surface area contributed by atoms with Crippen LogP contribution in [-0.4, -0.2) is 10.9 Å². The van der Waals surface area contributed by atoms with Gasteiger partial charge in [0.05, 0.1) is 5.41 Å². The van der Waals surface area contributed by atoms with E-state index in [-0.39, 0.29) is 11.3 Å². The molecule has 1 aromatic carbocycles. The first-order valence-corrected chi connectivity index (χ1v) is 6.38. The lowest BCUT2D eigenvalue weighted by molar-refractivity contribution is -0.127. The summed E-state index contributed by atoms with van der Waals surface area (Å²) in [5.74, 6) is 1.44. The highest BCUT2D eigenvalue weighted by atomic mass is 16.3. The number of ketones is 1. The lowest BCUT2D eigenvalue weighted by atomic mass is 9.69. The van der Waals surface area contributed by atoms with E-state index in [2.05, 4.69) is 6.92 Å². The maximum Gasteiger partial charge on any atom is 0.146 e. The van der Waals surface area contributed by atoms with E-state index in [1.165, 1.54) is 0 Å². The number of phenolic OH excluding ortho intramolecular Hbond substituents is 1. The Morgan fingerprint density at radius 2 is 2.12 bits per heavy atom. The van der Waals surface area contributed by atoms with Gasteiger partial charge >= 0.3 is 0 Å². The van der Waals surface area contributed by atoms with Gasteiger partial charge in [-0.15, -0.1) is 0 Å². The van der Waals surface area contributed by atoms with Crippen LogP contribution in [0.15, 0.2) is 18.2 Å². The summed E-state index contributed by atoms with van der Waals surface area (Å²) in [5.41, 5.74) is 1.51. The second-order valence-electron chi connectivity index (χ2n) is 5.77. The van der Waals surface area contributed by atoms with Crippen LogP contribution in [0, 0.1) is 18.8 Å². The zero-order valence-corrected chi connectivity index (χ0v) is 10.4. The molecule has 17 heavy (non-hydrogen) atoms. The summed E-state index contributed by atoms with van der Waals surface area (Å²) in [6.07, 6.45) is 3.27. The van der Waals surface area contributed by atoms with Crippen LogP contribution in [0.4, 0.5) is 0 Å². The van der Waals surface area contributed by atoms with Gasteiger partial charge in [-0.1, -0.05) is 12.1 Å². The molecular formula is C15H18O2. The number of aromatic hydroxyl groups is 1. The molecule has 3 rings (SSSR count). The maximum atomic E-state index is 12.4. The summed E-state index contributed by atoms with van der Waals surface area (Å²) in [6.45, 7) is 3.94. The fourth-order valence-electron chi connectivity index (χ4n) is 3.68. The molecule has 0 amide bonds. The van der Waals surface area contributed by atoms with Gasteiger partial charge in [-0.3, -0.25) is 4.79 Å². The molecule has 2 aliphatic carbocycles. The second kappa shape index (κ2) is 3.34. The van der Waals surface area contributed by atoms with Crippen molar-refractivity contribution in [3.63, 3.8) is 0 Å². The van der Waals surface area contributed by atoms with Crippen LogP contribution in [0.5, 0.6) is 5.75 Å². The molecule has 0 aliphatic heterocycles. The van der Waals surface area contributed by atoms with Crippen LogP contribution in [-0.2, 0) is 10.2 Å². The number of aryl methyl sites for hydroxylation is 1. The molecule has 2 saturated carbocycles. The topological polar surface area (TPSA) is 37.3 Å². The Hall–Kier alpha value is -1.31. The molecule has 3 unspecified atom stereocenters. The normalized spacial score (nSPS) is 35.5. The molecule has 0 spiro atoms. The highest BCUT2D eigenvalue weighted by Crippen LogP contribution is 2.54. The van der Waals surface area contributed by atoms with Crippen LogP contribution >= 0.6 is 0 Å². The smallest absolute Gasteiger partial charge is 0.146 e. The Labute approximate surface area is 102 Å². The first-order chi connectivity index (χ1) is 8.03. The van der Waals surface area contributed by atoms with Gasteiger partial charge in [-0.25, -0.2) is 0 Å². The zero-order chi connectivity index (χ0) is 12.2. The molecular weight excluding hydrogens is 212 g/mol. The average molecular weight is 230 g/mol. The molecule has 1 N–H and O–H groups in total. The molecule has 1 aromatic rings. The number of fused-ring (bicyclic) bond motifs is 2. The summed E-state index contributed by atoms with van der Waals surface area (Å²) < 4.78 is 0. The van der Waals surface area contributed by atoms with Crippen LogP contribution in [0.3, 0.4) is 0 Å². The summed E-state index contributed by atoms with van der Waals surface area (Å²) in [7, 11) is 0. The molecule has 0 aromatic heterocycles. The lowest BCUT2D eigenvalue weighted by Crippen LogP contribution is -2.38. The van der Waals surface area contributed by atoms with Gasteiger partial charge in [0.1, 0.15) is 11.5 Å². The van der Waals surface area contributed by atoms with Crippen LogP contribution in [0.25, 0.3) is 0 Å². The van der Waals surface area contributed by atoms with Gasteiger partial charge in [0, 0.05) is 5.92 Å². The van der Waals surface area contributed by atoms with Crippen molar-refractivity contribution < 1.29 is 9.90 Å². The highest BCUT2D eigenvalue weighted by Gasteiger charge is 2.55. The quantitative estimate of drug-likeness (QED) is 0.805. The van der Waals surface area contributed by atoms with Crippen LogP contribution in [0.1, 0.15) is 37.3 Å². The first-order valence-electron chi connectivity index (χ1n) is 6.38. The van der Waals surface area contributed by atoms with Gasteiger partial charge in [0.2, 0.25) is 0 Å². The number of hydrogen-bond donors (Lipinski definition) is 1. The van der Waals surface area contributed by atoms with Crippen molar-refractivity contribution in [1.29, 1.82) is 0 Å². The summed E-state index contributed by atoms with van der Waals surface area (Å²) in [4.78, 5) is 12.4. The first kappa shape index (κ1) is 10.8. The van der Waals surface area contributed by atoms with Gasteiger partial charge in [-0.2, -0.15) is 0 Å². The van der Waals surface area contributed by atoms with E-state index in [4.69, 9.17) is 0 Å². The number of rotatable bonds is 1. The number of carbonyl (C=O) groups excluding carboxylic acids is 1. The number of phenols is 1. The van der Waals surface area contributed by atoms with E-state index in [0.717, 1.165) is 30.4 Å². The second-order valence-corrected chi connectivity index (χ2v) is 5.77. The Kier molecular flexibility index (Phi) is 2.13. The number of Topliss-reactive ketones (excluding diaryl/α,β-unsaturated/α-hetero) is 1. The van der Waals surface area contributed by atoms with E-state index >= 15 is 0 Å². The Morgan fingerprint density at radius 1 is 1.35 bits per heavy atom. The van der Waals surface area contributed by atoms with Crippen molar-refractivity contribution in [2.24, 2.45) is 11.8 Å². The molecule has 2 heteroatoms. The van der Waals surface area contributed by atoms with Crippen molar-refractivity contribution in [2.45, 2.75) is 38.5 Å². The molecule has 2 bridgehead atoms. The van der Waals surface area contributed by atoms with E-state index < -0.39 is 0 Å². The van der Waals surface area contributed by atoms with Gasteiger partial charge in [0.25, 0.3) is 0 Å². The molecule has 0 radical (unpaired) electrons. The summed E-state index contributed by atoms with van der Waals surface area (Å²) >= 11 is 0. The van der Waals surface area contributed by atoms with Gasteiger partial charge in [-0.05, 0) is 56.2 Å². The number of hydrogen-bond acceptors (Lipinski definition) is 2. The van der Waals surface area contributed by atoms with E-state index in [1.807, 2.05) is 19.1 Å². The fraction of sp³-hybridized carbons (Fsp3) is 0.533. The Bertz CT molecular complexity index is 492. The van der Waals surface area contributed by atoms with Crippen molar-refractivity contribution >= 4 is 5.78 Å². The van der Waals surface area contributed by atoms with Crippen molar-refractivity contribution in [1.82, 2.24) is 0 Å². The predicted molar refractivity (Wildman–Crippen MR) is 66.0 cm³/mol. The Balaban J connectivity index is 2.08. The zero-order valence-electron chi connectivity index (χ0n) is 10.4. The maximum absolute atomic E-state index is 12.4. The van der Waals surface area contributed by atoms with Crippen molar-refractivity contribution in [3.8, 4) is 5.75 Å². The third kappa shape index (κ3) is 1.30. The summed E-state index contributed by atoms with van der Waals surface area (Å²) in [5, 5.41) is 9.82. The van der Waals surface area contributed by atoms with E-state index in [0.29, 0.717) is 17.5 Å². The molecule has 0 heterocycles. The third-order valence-corrected chi connectivity index (χ3v) is 4.94. The summed E-state index contributed by atoms with van der Waals surface area (Å²) in [6, 6.07) is 5.71. The molecule has 3 atom stereocenters. The molecule has 0 saturated heterocycles. The standard InChI is InChI=1S/C15H18O2/c1-9-3-5-12(8-13(9)16)15(2)11-6-4-10(7-11)14(15)17/h3,5,8,10-11,16H,4,6-7H2,1-2H3. The van der Waals surface area contributed by atoms with Crippen LogP contribution in [0.2, 0.25) is 0 Å². The largest absolute Gasteiger partial charge is 0.508 e. The van der Waals surface area contributed by atoms with E-state index in [9.17, 15) is 9.90 Å². The SMILES string of the molecule is Cc1ccc(C2(C)C(=O)C3CCC2C3)cc1O. The Morgan fingerprint density at radius 3 is 2.71 bits per heavy atom. The van der Waals surface area contributed by atoms with Crippen molar-refractivity contribution in [3.05, 3.63) is 29.3 Å². The molecule has 2 fully saturated rings.